The molecule has 1 fully saturated rings. The highest BCUT2D eigenvalue weighted by molar-refractivity contribution is 5.85. The van der Waals surface area contributed by atoms with Gasteiger partial charge in [-0.05, 0) is 37.6 Å². The lowest BCUT2D eigenvalue weighted by Gasteiger charge is -2.25. The molecule has 0 radical (unpaired) electrons. The van der Waals surface area contributed by atoms with Gasteiger partial charge in [0.1, 0.15) is 5.75 Å². The van der Waals surface area contributed by atoms with E-state index in [1.165, 1.54) is 0 Å². The van der Waals surface area contributed by atoms with E-state index in [2.05, 4.69) is 5.32 Å². The smallest absolute Gasteiger partial charge is 0.227 e. The molecule has 1 aliphatic rings. The van der Waals surface area contributed by atoms with Crippen molar-refractivity contribution < 1.29 is 14.3 Å². The van der Waals surface area contributed by atoms with Crippen molar-refractivity contribution in [3.8, 4) is 5.75 Å². The first kappa shape index (κ1) is 19.7. The molecule has 1 unspecified atom stereocenters. The summed E-state index contributed by atoms with van der Waals surface area (Å²) < 4.78 is 10.6. The maximum absolute atomic E-state index is 12.6. The summed E-state index contributed by atoms with van der Waals surface area (Å²) in [5, 5.41) is 3.25. The molecule has 1 aromatic carbocycles. The van der Waals surface area contributed by atoms with Crippen molar-refractivity contribution in [3.63, 3.8) is 0 Å². The van der Waals surface area contributed by atoms with Gasteiger partial charge in [0, 0.05) is 26.7 Å². The Morgan fingerprint density at radius 3 is 2.65 bits per heavy atom. The summed E-state index contributed by atoms with van der Waals surface area (Å²) in [4.78, 5) is 14.5. The normalized spacial score (nSPS) is 16.7. The van der Waals surface area contributed by atoms with Crippen molar-refractivity contribution >= 4 is 18.3 Å². The maximum atomic E-state index is 12.6. The number of halogens is 1. The summed E-state index contributed by atoms with van der Waals surface area (Å²) in [5.41, 5.74) is 1.11. The second kappa shape index (κ2) is 10.5. The highest BCUT2D eigenvalue weighted by Gasteiger charge is 2.27. The van der Waals surface area contributed by atoms with Crippen LogP contribution < -0.4 is 10.1 Å². The minimum Gasteiger partial charge on any atom is -0.494 e. The van der Waals surface area contributed by atoms with E-state index >= 15 is 0 Å². The van der Waals surface area contributed by atoms with Gasteiger partial charge in [0.05, 0.1) is 19.1 Å². The fourth-order valence-corrected chi connectivity index (χ4v) is 2.67. The van der Waals surface area contributed by atoms with Gasteiger partial charge in [-0.15, -0.1) is 12.4 Å². The molecule has 0 spiro atoms. The van der Waals surface area contributed by atoms with Gasteiger partial charge in [-0.3, -0.25) is 4.79 Å². The van der Waals surface area contributed by atoms with E-state index in [9.17, 15) is 4.79 Å². The highest BCUT2D eigenvalue weighted by atomic mass is 35.5. The zero-order chi connectivity index (χ0) is 15.8. The number of rotatable bonds is 8. The van der Waals surface area contributed by atoms with Crippen molar-refractivity contribution in [1.82, 2.24) is 10.2 Å². The molecule has 6 heteroatoms. The first-order valence-electron chi connectivity index (χ1n) is 7.94. The largest absolute Gasteiger partial charge is 0.494 e. The predicted molar refractivity (Wildman–Crippen MR) is 93.1 cm³/mol. The third-order valence-corrected chi connectivity index (χ3v) is 3.89. The van der Waals surface area contributed by atoms with E-state index in [1.54, 1.807) is 7.11 Å². The van der Waals surface area contributed by atoms with E-state index in [0.29, 0.717) is 26.3 Å². The summed E-state index contributed by atoms with van der Waals surface area (Å²) in [6.45, 7) is 6.14. The third kappa shape index (κ3) is 6.01. The van der Waals surface area contributed by atoms with E-state index in [-0.39, 0.29) is 24.2 Å². The van der Waals surface area contributed by atoms with Crippen LogP contribution in [-0.4, -0.2) is 50.8 Å². The van der Waals surface area contributed by atoms with Crippen LogP contribution in [0.3, 0.4) is 0 Å². The Balaban J connectivity index is 0.00000264. The number of nitrogens with one attached hydrogen (secondary N) is 1. The number of carbonyl (C=O) groups is 1. The number of carbonyl (C=O) groups excluding carboxylic acids is 1. The van der Waals surface area contributed by atoms with Crippen LogP contribution >= 0.6 is 12.4 Å². The van der Waals surface area contributed by atoms with Crippen molar-refractivity contribution in [3.05, 3.63) is 29.8 Å². The van der Waals surface area contributed by atoms with E-state index in [1.807, 2.05) is 36.1 Å². The molecule has 1 atom stereocenters. The summed E-state index contributed by atoms with van der Waals surface area (Å²) >= 11 is 0. The first-order chi connectivity index (χ1) is 10.7. The van der Waals surface area contributed by atoms with Gasteiger partial charge in [-0.1, -0.05) is 12.1 Å². The topological polar surface area (TPSA) is 50.8 Å². The van der Waals surface area contributed by atoms with Gasteiger partial charge >= 0.3 is 0 Å². The van der Waals surface area contributed by atoms with Gasteiger partial charge in [0.15, 0.2) is 0 Å². The second-order valence-corrected chi connectivity index (χ2v) is 5.52. The lowest BCUT2D eigenvalue weighted by molar-refractivity contribution is -0.136. The molecule has 0 aromatic heterocycles. The Kier molecular flexibility index (Phi) is 8.99. The number of ether oxygens (including phenoxy) is 2. The molecular formula is C17H27ClN2O3. The summed E-state index contributed by atoms with van der Waals surface area (Å²) in [6, 6.07) is 7.94. The molecule has 1 aliphatic heterocycles. The van der Waals surface area contributed by atoms with Gasteiger partial charge in [-0.2, -0.15) is 0 Å². The van der Waals surface area contributed by atoms with Crippen molar-refractivity contribution in [2.45, 2.75) is 19.9 Å². The molecule has 130 valence electrons. The van der Waals surface area contributed by atoms with Crippen LogP contribution in [0.2, 0.25) is 0 Å². The van der Waals surface area contributed by atoms with Crippen LogP contribution in [-0.2, 0) is 16.1 Å². The van der Waals surface area contributed by atoms with Crippen LogP contribution in [0.5, 0.6) is 5.75 Å². The summed E-state index contributed by atoms with van der Waals surface area (Å²) in [7, 11) is 1.66. The third-order valence-electron chi connectivity index (χ3n) is 3.89. The highest BCUT2D eigenvalue weighted by Crippen LogP contribution is 2.17. The number of methoxy groups -OCH3 is 1. The maximum Gasteiger partial charge on any atom is 0.227 e. The molecule has 1 saturated heterocycles. The Bertz CT molecular complexity index is 461. The minimum absolute atomic E-state index is 0. The minimum atomic E-state index is 0. The lowest BCUT2D eigenvalue weighted by Crippen LogP contribution is -2.38. The Hall–Kier alpha value is -1.30. The second-order valence-electron chi connectivity index (χ2n) is 5.52. The molecule has 1 N–H and O–H groups in total. The zero-order valence-corrected chi connectivity index (χ0v) is 14.7. The summed E-state index contributed by atoms with van der Waals surface area (Å²) in [6.07, 6.45) is 0.922. The molecule has 1 aromatic rings. The van der Waals surface area contributed by atoms with Gasteiger partial charge in [-0.25, -0.2) is 0 Å². The molecule has 0 bridgehead atoms. The molecule has 0 aliphatic carbocycles. The molecule has 5 nitrogen and oxygen atoms in total. The predicted octanol–water partition coefficient (Wildman–Crippen LogP) is 2.09. The SMILES string of the molecule is CCOc1ccc(CN(CCOC)C(=O)C2CCNC2)cc1.Cl. The fourth-order valence-electron chi connectivity index (χ4n) is 2.67. The molecule has 0 saturated carbocycles. The molecule has 1 amide bonds. The first-order valence-corrected chi connectivity index (χ1v) is 7.94. The number of hydrogen-bond acceptors (Lipinski definition) is 4. The Morgan fingerprint density at radius 1 is 1.35 bits per heavy atom. The lowest BCUT2D eigenvalue weighted by atomic mass is 10.1. The monoisotopic (exact) mass is 342 g/mol. The average Bonchev–Trinajstić information content (AvgIpc) is 3.07. The average molecular weight is 343 g/mol. The Labute approximate surface area is 144 Å². The van der Waals surface area contributed by atoms with Crippen molar-refractivity contribution in [1.29, 1.82) is 0 Å². The quantitative estimate of drug-likeness (QED) is 0.786. The molecule has 23 heavy (non-hydrogen) atoms. The van der Waals surface area contributed by atoms with Crippen LogP contribution in [0.4, 0.5) is 0 Å². The number of nitrogens with zero attached hydrogens (tertiary/aromatic N) is 1. The van der Waals surface area contributed by atoms with Crippen LogP contribution in [0.25, 0.3) is 0 Å². The number of benzene rings is 1. The number of hydrogen-bond donors (Lipinski definition) is 1. The Morgan fingerprint density at radius 2 is 2.09 bits per heavy atom. The summed E-state index contributed by atoms with van der Waals surface area (Å²) in [5.74, 6) is 1.18. The van der Waals surface area contributed by atoms with Crippen LogP contribution in [0.1, 0.15) is 18.9 Å². The number of amides is 1. The standard InChI is InChI=1S/C17H26N2O3.ClH/c1-3-22-16-6-4-14(5-7-16)13-19(10-11-21-2)17(20)15-8-9-18-12-15;/h4-7,15,18H,3,8-13H2,1-2H3;1H. The van der Waals surface area contributed by atoms with E-state index < -0.39 is 0 Å². The van der Waals surface area contributed by atoms with Gasteiger partial charge in [0.2, 0.25) is 5.91 Å². The van der Waals surface area contributed by atoms with Gasteiger partial charge < -0.3 is 19.7 Å². The van der Waals surface area contributed by atoms with E-state index in [4.69, 9.17) is 9.47 Å². The zero-order valence-electron chi connectivity index (χ0n) is 13.9. The molecule has 2 rings (SSSR count). The van der Waals surface area contributed by atoms with E-state index in [0.717, 1.165) is 30.8 Å². The van der Waals surface area contributed by atoms with Crippen molar-refractivity contribution in [2.75, 3.05) is 40.0 Å². The van der Waals surface area contributed by atoms with Crippen molar-refractivity contribution in [2.24, 2.45) is 5.92 Å². The fraction of sp³-hybridized carbons (Fsp3) is 0.588. The molecule has 1 heterocycles. The van der Waals surface area contributed by atoms with Crippen LogP contribution in [0.15, 0.2) is 24.3 Å². The van der Waals surface area contributed by atoms with Gasteiger partial charge in [0.25, 0.3) is 0 Å². The molecular weight excluding hydrogens is 316 g/mol. The van der Waals surface area contributed by atoms with Crippen LogP contribution in [0, 0.1) is 5.92 Å².